The van der Waals surface area contributed by atoms with Crippen molar-refractivity contribution in [3.63, 3.8) is 0 Å². The zero-order valence-electron chi connectivity index (χ0n) is 14.1. The van der Waals surface area contributed by atoms with Gasteiger partial charge in [-0.15, -0.1) is 24.8 Å². The minimum Gasteiger partial charge on any atom is -0.492 e. The molecular weight excluding hydrogens is 367 g/mol. The standard InChI is InChI=1S/C16H24N4O3.2ClH/c17-12-15(21)18-13-16(22)20-8-6-19(7-9-20)10-11-23-14-4-2-1-3-5-14;;/h1-5H,6-13,17H2,(H,18,21);2*1H. The molecule has 0 atom stereocenters. The molecule has 0 aromatic heterocycles. The maximum atomic E-state index is 12.0. The van der Waals surface area contributed by atoms with Gasteiger partial charge < -0.3 is 20.7 Å². The van der Waals surface area contributed by atoms with E-state index in [1.807, 2.05) is 30.3 Å². The molecule has 1 aliphatic heterocycles. The van der Waals surface area contributed by atoms with Gasteiger partial charge in [0.05, 0.1) is 13.1 Å². The van der Waals surface area contributed by atoms with E-state index < -0.39 is 0 Å². The fourth-order valence-electron chi connectivity index (χ4n) is 2.39. The zero-order chi connectivity index (χ0) is 16.5. The van der Waals surface area contributed by atoms with Crippen molar-refractivity contribution >= 4 is 36.6 Å². The average Bonchev–Trinajstić information content (AvgIpc) is 2.61. The lowest BCUT2D eigenvalue weighted by molar-refractivity contribution is -0.134. The van der Waals surface area contributed by atoms with Gasteiger partial charge in [0.2, 0.25) is 11.8 Å². The van der Waals surface area contributed by atoms with Crippen LogP contribution in [0.15, 0.2) is 30.3 Å². The molecule has 3 N–H and O–H groups in total. The molecular formula is C16H26Cl2N4O3. The van der Waals surface area contributed by atoms with E-state index in [1.165, 1.54) is 0 Å². The van der Waals surface area contributed by atoms with E-state index in [4.69, 9.17) is 10.5 Å². The number of benzene rings is 1. The zero-order valence-corrected chi connectivity index (χ0v) is 15.7. The highest BCUT2D eigenvalue weighted by Crippen LogP contribution is 2.08. The summed E-state index contributed by atoms with van der Waals surface area (Å²) in [5.74, 6) is 0.499. The van der Waals surface area contributed by atoms with E-state index in [0.29, 0.717) is 19.7 Å². The molecule has 0 spiro atoms. The van der Waals surface area contributed by atoms with Crippen LogP contribution in [0, 0.1) is 0 Å². The Morgan fingerprint density at radius 2 is 1.72 bits per heavy atom. The Labute approximate surface area is 160 Å². The first-order chi connectivity index (χ1) is 11.2. The van der Waals surface area contributed by atoms with E-state index in [0.717, 1.165) is 25.4 Å². The normalized spacial score (nSPS) is 14.0. The highest BCUT2D eigenvalue weighted by molar-refractivity contribution is 5.86. The molecule has 0 aliphatic carbocycles. The van der Waals surface area contributed by atoms with Crippen LogP contribution in [0.3, 0.4) is 0 Å². The molecule has 1 aliphatic rings. The molecule has 2 amide bonds. The number of para-hydroxylation sites is 1. The van der Waals surface area contributed by atoms with Gasteiger partial charge in [0.25, 0.3) is 0 Å². The van der Waals surface area contributed by atoms with Gasteiger partial charge in [-0.05, 0) is 12.1 Å². The molecule has 2 rings (SSSR count). The van der Waals surface area contributed by atoms with Crippen molar-refractivity contribution in [1.82, 2.24) is 15.1 Å². The molecule has 0 bridgehead atoms. The van der Waals surface area contributed by atoms with Crippen molar-refractivity contribution in [3.05, 3.63) is 30.3 Å². The van der Waals surface area contributed by atoms with Crippen LogP contribution in [0.4, 0.5) is 0 Å². The van der Waals surface area contributed by atoms with Crippen molar-refractivity contribution < 1.29 is 14.3 Å². The van der Waals surface area contributed by atoms with Gasteiger partial charge in [-0.1, -0.05) is 18.2 Å². The number of nitrogens with one attached hydrogen (secondary N) is 1. The Morgan fingerprint density at radius 3 is 2.32 bits per heavy atom. The second kappa shape index (κ2) is 12.8. The number of ether oxygens (including phenoxy) is 1. The number of carbonyl (C=O) groups excluding carboxylic acids is 2. The monoisotopic (exact) mass is 392 g/mol. The van der Waals surface area contributed by atoms with Crippen molar-refractivity contribution in [2.45, 2.75) is 0 Å². The first kappa shape index (κ1) is 23.5. The van der Waals surface area contributed by atoms with Gasteiger partial charge in [0.1, 0.15) is 12.4 Å². The SMILES string of the molecule is Cl.Cl.NCC(=O)NCC(=O)N1CCN(CCOc2ccccc2)CC1. The smallest absolute Gasteiger partial charge is 0.242 e. The Balaban J connectivity index is 0.00000288. The topological polar surface area (TPSA) is 87.9 Å². The maximum Gasteiger partial charge on any atom is 0.242 e. The summed E-state index contributed by atoms with van der Waals surface area (Å²) in [6, 6.07) is 9.73. The van der Waals surface area contributed by atoms with Gasteiger partial charge in [0, 0.05) is 32.7 Å². The number of piperazine rings is 1. The highest BCUT2D eigenvalue weighted by Gasteiger charge is 2.20. The summed E-state index contributed by atoms with van der Waals surface area (Å²) in [4.78, 5) is 27.0. The van der Waals surface area contributed by atoms with Crippen molar-refractivity contribution in [3.8, 4) is 5.75 Å². The van der Waals surface area contributed by atoms with Gasteiger partial charge in [-0.2, -0.15) is 0 Å². The van der Waals surface area contributed by atoms with Gasteiger partial charge >= 0.3 is 0 Å². The fourth-order valence-corrected chi connectivity index (χ4v) is 2.39. The van der Waals surface area contributed by atoms with Gasteiger partial charge in [-0.25, -0.2) is 0 Å². The fraction of sp³-hybridized carbons (Fsp3) is 0.500. The highest BCUT2D eigenvalue weighted by atomic mass is 35.5. The van der Waals surface area contributed by atoms with Crippen LogP contribution in [-0.4, -0.2) is 74.0 Å². The van der Waals surface area contributed by atoms with E-state index in [1.54, 1.807) is 4.90 Å². The number of nitrogens with zero attached hydrogens (tertiary/aromatic N) is 2. The molecule has 1 aromatic carbocycles. The number of nitrogens with two attached hydrogens (primary N) is 1. The molecule has 0 saturated carbocycles. The lowest BCUT2D eigenvalue weighted by atomic mass is 10.3. The van der Waals surface area contributed by atoms with Crippen LogP contribution in [0.1, 0.15) is 0 Å². The van der Waals surface area contributed by atoms with E-state index in [2.05, 4.69) is 10.2 Å². The number of carbonyl (C=O) groups is 2. The van der Waals surface area contributed by atoms with Crippen LogP contribution >= 0.6 is 24.8 Å². The van der Waals surface area contributed by atoms with E-state index in [-0.39, 0.29) is 49.7 Å². The first-order valence-electron chi connectivity index (χ1n) is 7.84. The molecule has 1 aromatic rings. The summed E-state index contributed by atoms with van der Waals surface area (Å²) in [6.45, 7) is 4.36. The lowest BCUT2D eigenvalue weighted by Crippen LogP contribution is -2.52. The lowest BCUT2D eigenvalue weighted by Gasteiger charge is -2.34. The minimum atomic E-state index is -0.310. The third-order valence-corrected chi connectivity index (χ3v) is 3.77. The number of amides is 2. The summed E-state index contributed by atoms with van der Waals surface area (Å²) < 4.78 is 5.68. The molecule has 0 unspecified atom stereocenters. The van der Waals surface area contributed by atoms with Crippen LogP contribution in [0.25, 0.3) is 0 Å². The number of halogens is 2. The molecule has 0 radical (unpaired) electrons. The van der Waals surface area contributed by atoms with E-state index in [9.17, 15) is 9.59 Å². The molecule has 1 heterocycles. The predicted octanol–water partition coefficient (Wildman–Crippen LogP) is 0.128. The van der Waals surface area contributed by atoms with Gasteiger partial charge in [-0.3, -0.25) is 14.5 Å². The van der Waals surface area contributed by atoms with Crippen molar-refractivity contribution in [1.29, 1.82) is 0 Å². The number of hydrogen-bond donors (Lipinski definition) is 2. The van der Waals surface area contributed by atoms with Crippen molar-refractivity contribution in [2.24, 2.45) is 5.73 Å². The van der Waals surface area contributed by atoms with Crippen LogP contribution in [-0.2, 0) is 9.59 Å². The quantitative estimate of drug-likeness (QED) is 0.688. The third-order valence-electron chi connectivity index (χ3n) is 3.77. The molecule has 142 valence electrons. The summed E-state index contributed by atoms with van der Waals surface area (Å²) >= 11 is 0. The molecule has 1 fully saturated rings. The molecule has 1 saturated heterocycles. The second-order valence-electron chi connectivity index (χ2n) is 5.36. The van der Waals surface area contributed by atoms with Crippen LogP contribution in [0.2, 0.25) is 0 Å². The second-order valence-corrected chi connectivity index (χ2v) is 5.36. The summed E-state index contributed by atoms with van der Waals surface area (Å²) in [5.41, 5.74) is 5.19. The van der Waals surface area contributed by atoms with Crippen LogP contribution < -0.4 is 15.8 Å². The summed E-state index contributed by atoms with van der Waals surface area (Å²) in [6.07, 6.45) is 0. The third kappa shape index (κ3) is 8.40. The summed E-state index contributed by atoms with van der Waals surface area (Å²) in [5, 5.41) is 2.50. The van der Waals surface area contributed by atoms with Crippen LogP contribution in [0.5, 0.6) is 5.75 Å². The van der Waals surface area contributed by atoms with E-state index >= 15 is 0 Å². The first-order valence-corrected chi connectivity index (χ1v) is 7.84. The number of hydrogen-bond acceptors (Lipinski definition) is 5. The Bertz CT molecular complexity index is 511. The Hall–Kier alpha value is -1.54. The Kier molecular flexibility index (Phi) is 12.0. The molecule has 7 nitrogen and oxygen atoms in total. The maximum absolute atomic E-state index is 12.0. The molecule has 9 heteroatoms. The Morgan fingerprint density at radius 1 is 1.08 bits per heavy atom. The van der Waals surface area contributed by atoms with Gasteiger partial charge in [0.15, 0.2) is 0 Å². The summed E-state index contributed by atoms with van der Waals surface area (Å²) in [7, 11) is 0. The molecule has 25 heavy (non-hydrogen) atoms. The van der Waals surface area contributed by atoms with Crippen molar-refractivity contribution in [2.75, 3.05) is 52.4 Å². The average molecular weight is 393 g/mol. The predicted molar refractivity (Wildman–Crippen MR) is 102 cm³/mol. The number of rotatable bonds is 7. The minimum absolute atomic E-state index is 0. The largest absolute Gasteiger partial charge is 0.492 e.